The smallest absolute Gasteiger partial charge is 0.271 e. The number of benzene rings is 2. The summed E-state index contributed by atoms with van der Waals surface area (Å²) in [5.41, 5.74) is 4.61. The summed E-state index contributed by atoms with van der Waals surface area (Å²) in [6, 6.07) is 10.7. The molecule has 0 atom stereocenters. The Morgan fingerprint density at radius 1 is 1.36 bits per heavy atom. The third-order valence-electron chi connectivity index (χ3n) is 3.37. The molecule has 1 N–H and O–H groups in total. The fourth-order valence-electron chi connectivity index (χ4n) is 2.15. The summed E-state index contributed by atoms with van der Waals surface area (Å²) in [7, 11) is 1.52. The van der Waals surface area contributed by atoms with E-state index < -0.39 is 0 Å². The minimum atomic E-state index is -0.279. The Labute approximate surface area is 151 Å². The van der Waals surface area contributed by atoms with Crippen LogP contribution >= 0.6 is 11.6 Å². The summed E-state index contributed by atoms with van der Waals surface area (Å²) < 4.78 is 10.8. The summed E-state index contributed by atoms with van der Waals surface area (Å²) in [6.07, 6.45) is 3.11. The van der Waals surface area contributed by atoms with Gasteiger partial charge in [0, 0.05) is 5.56 Å². The van der Waals surface area contributed by atoms with Gasteiger partial charge in [0.1, 0.15) is 6.61 Å². The van der Waals surface area contributed by atoms with Gasteiger partial charge >= 0.3 is 0 Å². The average molecular weight is 359 g/mol. The molecule has 2 aromatic rings. The lowest BCUT2D eigenvalue weighted by molar-refractivity contribution is 0.0954. The van der Waals surface area contributed by atoms with Gasteiger partial charge in [-0.05, 0) is 36.2 Å². The number of ether oxygens (including phenoxy) is 2. The SMILES string of the molecule is C=CCOc1c(Cl)cc(/C=N\NC(=O)c2ccccc2C)cc1OC. The molecule has 0 aliphatic rings. The van der Waals surface area contributed by atoms with Gasteiger partial charge in [0.05, 0.1) is 18.3 Å². The Balaban J connectivity index is 2.13. The number of carbonyl (C=O) groups excluding carboxylic acids is 1. The molecule has 0 heterocycles. The topological polar surface area (TPSA) is 59.9 Å². The number of hydrogen-bond acceptors (Lipinski definition) is 4. The summed E-state index contributed by atoms with van der Waals surface area (Å²) in [6.45, 7) is 5.78. The second-order valence-corrected chi connectivity index (χ2v) is 5.56. The number of rotatable bonds is 7. The normalized spacial score (nSPS) is 10.5. The third kappa shape index (κ3) is 4.84. The predicted octanol–water partition coefficient (Wildman–Crippen LogP) is 3.99. The molecule has 0 bridgehead atoms. The van der Waals surface area contributed by atoms with Crippen molar-refractivity contribution in [2.45, 2.75) is 6.92 Å². The molecule has 5 nitrogen and oxygen atoms in total. The van der Waals surface area contributed by atoms with Gasteiger partial charge in [-0.1, -0.05) is 42.5 Å². The summed E-state index contributed by atoms with van der Waals surface area (Å²) in [5.74, 6) is 0.629. The van der Waals surface area contributed by atoms with Crippen LogP contribution in [0.3, 0.4) is 0 Å². The van der Waals surface area contributed by atoms with E-state index in [9.17, 15) is 4.79 Å². The molecule has 130 valence electrons. The van der Waals surface area contributed by atoms with Gasteiger partial charge in [-0.3, -0.25) is 4.79 Å². The van der Waals surface area contributed by atoms with E-state index in [-0.39, 0.29) is 5.91 Å². The second-order valence-electron chi connectivity index (χ2n) is 5.15. The number of nitrogens with zero attached hydrogens (tertiary/aromatic N) is 1. The van der Waals surface area contributed by atoms with Crippen LogP contribution in [0.5, 0.6) is 11.5 Å². The molecule has 0 saturated carbocycles. The number of hydrogen-bond donors (Lipinski definition) is 1. The van der Waals surface area contributed by atoms with Crippen LogP contribution in [0.25, 0.3) is 0 Å². The van der Waals surface area contributed by atoms with Crippen LogP contribution in [-0.4, -0.2) is 25.8 Å². The lowest BCUT2D eigenvalue weighted by Crippen LogP contribution is -2.18. The molecular formula is C19H19ClN2O3. The molecule has 2 rings (SSSR count). The highest BCUT2D eigenvalue weighted by Gasteiger charge is 2.11. The number of methoxy groups -OCH3 is 1. The monoisotopic (exact) mass is 358 g/mol. The van der Waals surface area contributed by atoms with E-state index >= 15 is 0 Å². The fraction of sp³-hybridized carbons (Fsp3) is 0.158. The largest absolute Gasteiger partial charge is 0.493 e. The van der Waals surface area contributed by atoms with Crippen LogP contribution in [0.2, 0.25) is 5.02 Å². The Hall–Kier alpha value is -2.79. The van der Waals surface area contributed by atoms with Crippen LogP contribution in [0.4, 0.5) is 0 Å². The lowest BCUT2D eigenvalue weighted by atomic mass is 10.1. The van der Waals surface area contributed by atoms with Gasteiger partial charge in [-0.25, -0.2) is 5.43 Å². The van der Waals surface area contributed by atoms with E-state index in [1.54, 1.807) is 30.3 Å². The van der Waals surface area contributed by atoms with Gasteiger partial charge in [-0.15, -0.1) is 0 Å². The molecule has 0 spiro atoms. The molecular weight excluding hydrogens is 340 g/mol. The first-order valence-corrected chi connectivity index (χ1v) is 7.95. The van der Waals surface area contributed by atoms with Crippen molar-refractivity contribution in [3.8, 4) is 11.5 Å². The zero-order valence-electron chi connectivity index (χ0n) is 14.1. The van der Waals surface area contributed by atoms with Gasteiger partial charge in [-0.2, -0.15) is 5.10 Å². The molecule has 0 radical (unpaired) electrons. The molecule has 25 heavy (non-hydrogen) atoms. The van der Waals surface area contributed by atoms with Crippen molar-refractivity contribution in [2.24, 2.45) is 5.10 Å². The maximum Gasteiger partial charge on any atom is 0.271 e. The van der Waals surface area contributed by atoms with Crippen LogP contribution in [0.1, 0.15) is 21.5 Å². The molecule has 0 aliphatic heterocycles. The summed E-state index contributed by atoms with van der Waals surface area (Å²) in [5, 5.41) is 4.35. The van der Waals surface area contributed by atoms with Crippen molar-refractivity contribution in [3.63, 3.8) is 0 Å². The van der Waals surface area contributed by atoms with E-state index in [1.165, 1.54) is 13.3 Å². The zero-order chi connectivity index (χ0) is 18.2. The first-order valence-electron chi connectivity index (χ1n) is 7.57. The van der Waals surface area contributed by atoms with Gasteiger partial charge in [0.25, 0.3) is 5.91 Å². The fourth-order valence-corrected chi connectivity index (χ4v) is 2.42. The number of carbonyl (C=O) groups is 1. The highest BCUT2D eigenvalue weighted by molar-refractivity contribution is 6.32. The highest BCUT2D eigenvalue weighted by Crippen LogP contribution is 2.36. The standard InChI is InChI=1S/C19H19ClN2O3/c1-4-9-25-18-16(20)10-14(11-17(18)24-3)12-21-22-19(23)15-8-6-5-7-13(15)2/h4-8,10-12H,1,9H2,2-3H3,(H,22,23)/b21-12-. The van der Waals surface area contributed by atoms with Crippen molar-refractivity contribution < 1.29 is 14.3 Å². The lowest BCUT2D eigenvalue weighted by Gasteiger charge is -2.11. The van der Waals surface area contributed by atoms with E-state index in [4.69, 9.17) is 21.1 Å². The van der Waals surface area contributed by atoms with Gasteiger partial charge < -0.3 is 9.47 Å². The molecule has 0 aliphatic carbocycles. The highest BCUT2D eigenvalue weighted by atomic mass is 35.5. The average Bonchev–Trinajstić information content (AvgIpc) is 2.60. The molecule has 2 aromatic carbocycles. The third-order valence-corrected chi connectivity index (χ3v) is 3.65. The van der Waals surface area contributed by atoms with Gasteiger partial charge in [0.15, 0.2) is 11.5 Å². The second kappa shape index (κ2) is 8.89. The Bertz CT molecular complexity index is 803. The minimum Gasteiger partial charge on any atom is -0.493 e. The van der Waals surface area contributed by atoms with Crippen LogP contribution in [-0.2, 0) is 0 Å². The number of hydrazone groups is 1. The molecule has 6 heteroatoms. The first-order chi connectivity index (χ1) is 12.1. The van der Waals surface area contributed by atoms with E-state index in [0.717, 1.165) is 5.56 Å². The molecule has 0 aromatic heterocycles. The van der Waals surface area contributed by atoms with E-state index in [1.807, 2.05) is 19.1 Å². The summed E-state index contributed by atoms with van der Waals surface area (Å²) in [4.78, 5) is 12.1. The molecule has 0 fully saturated rings. The molecule has 0 saturated heterocycles. The first kappa shape index (κ1) is 18.5. The predicted molar refractivity (Wildman–Crippen MR) is 99.9 cm³/mol. The summed E-state index contributed by atoms with van der Waals surface area (Å²) >= 11 is 6.22. The van der Waals surface area contributed by atoms with Crippen molar-refractivity contribution in [1.82, 2.24) is 5.43 Å². The zero-order valence-corrected chi connectivity index (χ0v) is 14.8. The Kier molecular flexibility index (Phi) is 6.60. The Morgan fingerprint density at radius 2 is 2.12 bits per heavy atom. The van der Waals surface area contributed by atoms with Crippen molar-refractivity contribution >= 4 is 23.7 Å². The van der Waals surface area contributed by atoms with Gasteiger partial charge in [0.2, 0.25) is 0 Å². The number of amides is 1. The van der Waals surface area contributed by atoms with Crippen molar-refractivity contribution in [1.29, 1.82) is 0 Å². The molecule has 0 unspecified atom stereocenters. The number of nitrogens with one attached hydrogen (secondary N) is 1. The quantitative estimate of drug-likeness (QED) is 0.462. The van der Waals surface area contributed by atoms with Crippen LogP contribution in [0, 0.1) is 6.92 Å². The molecule has 1 amide bonds. The van der Waals surface area contributed by atoms with Crippen molar-refractivity contribution in [3.05, 3.63) is 70.8 Å². The maximum atomic E-state index is 12.1. The number of aryl methyl sites for hydroxylation is 1. The van der Waals surface area contributed by atoms with Crippen LogP contribution in [0.15, 0.2) is 54.2 Å². The van der Waals surface area contributed by atoms with E-state index in [0.29, 0.717) is 34.3 Å². The Morgan fingerprint density at radius 3 is 2.80 bits per heavy atom. The minimum absolute atomic E-state index is 0.279. The number of halogens is 1. The van der Waals surface area contributed by atoms with E-state index in [2.05, 4.69) is 17.1 Å². The van der Waals surface area contributed by atoms with Crippen LogP contribution < -0.4 is 14.9 Å². The maximum absolute atomic E-state index is 12.1. The van der Waals surface area contributed by atoms with Crippen molar-refractivity contribution in [2.75, 3.05) is 13.7 Å².